The van der Waals surface area contributed by atoms with E-state index in [9.17, 15) is 12.8 Å². The van der Waals surface area contributed by atoms with Crippen LogP contribution in [0.4, 0.5) is 10.2 Å². The van der Waals surface area contributed by atoms with E-state index in [0.29, 0.717) is 37.2 Å². The number of aromatic nitrogens is 2. The largest absolute Gasteiger partial charge is 0.295 e. The summed E-state index contributed by atoms with van der Waals surface area (Å²) in [6.45, 7) is 3.00. The number of nitrogens with zero attached hydrogens (tertiary/aromatic N) is 4. The second kappa shape index (κ2) is 9.74. The van der Waals surface area contributed by atoms with Gasteiger partial charge in [-0.2, -0.15) is 5.10 Å². The summed E-state index contributed by atoms with van der Waals surface area (Å²) in [7, 11) is 3.98. The molecule has 1 atom stereocenters. The quantitative estimate of drug-likeness (QED) is 0.479. The summed E-state index contributed by atoms with van der Waals surface area (Å²) < 4.78 is 41.6. The van der Waals surface area contributed by atoms with Gasteiger partial charge in [-0.15, -0.1) is 0 Å². The van der Waals surface area contributed by atoms with Crippen molar-refractivity contribution in [1.29, 1.82) is 0 Å². The number of aliphatic imine (C=N–C) groups is 1. The van der Waals surface area contributed by atoms with E-state index in [2.05, 4.69) is 29.5 Å². The van der Waals surface area contributed by atoms with Crippen LogP contribution in [0.25, 0.3) is 0 Å². The van der Waals surface area contributed by atoms with Gasteiger partial charge in [0.15, 0.2) is 0 Å². The zero-order valence-corrected chi connectivity index (χ0v) is 19.6. The fourth-order valence-corrected chi connectivity index (χ4v) is 5.35. The highest BCUT2D eigenvalue weighted by Crippen LogP contribution is 2.30. The van der Waals surface area contributed by atoms with E-state index in [4.69, 9.17) is 12.8 Å². The molecule has 0 saturated heterocycles. The minimum atomic E-state index is -3.66. The number of hydrogen-bond acceptors (Lipinski definition) is 5. The molecule has 1 aromatic carbocycles. The first-order valence-electron chi connectivity index (χ1n) is 11.0. The molecular weight excluding hydrogens is 440 g/mol. The third-order valence-electron chi connectivity index (χ3n) is 6.02. The van der Waals surface area contributed by atoms with Gasteiger partial charge in [0.1, 0.15) is 25.6 Å². The first-order chi connectivity index (χ1) is 15.8. The maximum atomic E-state index is 13.1. The van der Waals surface area contributed by atoms with Gasteiger partial charge in [0, 0.05) is 31.9 Å². The van der Waals surface area contributed by atoms with Gasteiger partial charge in [0.2, 0.25) is 10.0 Å². The molecule has 1 aliphatic carbocycles. The Morgan fingerprint density at radius 3 is 2.79 bits per heavy atom. The van der Waals surface area contributed by atoms with Gasteiger partial charge in [0.25, 0.3) is 0 Å². The zero-order chi connectivity index (χ0) is 23.6. The highest BCUT2D eigenvalue weighted by molar-refractivity contribution is 7.89. The molecule has 2 aromatic rings. The number of benzene rings is 1. The number of halogens is 1. The van der Waals surface area contributed by atoms with Crippen molar-refractivity contribution in [3.63, 3.8) is 0 Å². The Bertz CT molecular complexity index is 1220. The standard InChI is InChI=1S/C23H27BFN5O2S/c1-16-6-3-4-7-19(16)21-14-22(30-23(28-21)20(24)15-27-30)26-12-5-13-29(2)33(31,32)18-10-8-17(25)9-11-18/h3,6,8-11,15,22,26H,4-5,7,12-14H2,1-2H3. The maximum absolute atomic E-state index is 13.1. The molecule has 0 amide bonds. The lowest BCUT2D eigenvalue weighted by Gasteiger charge is -2.28. The van der Waals surface area contributed by atoms with E-state index in [1.54, 1.807) is 10.9 Å². The lowest BCUT2D eigenvalue weighted by molar-refractivity contribution is 0.365. The Balaban J connectivity index is 1.40. The van der Waals surface area contributed by atoms with E-state index in [1.807, 2.05) is 0 Å². The summed E-state index contributed by atoms with van der Waals surface area (Å²) in [5.74, 6) is 0.185. The first-order valence-corrected chi connectivity index (χ1v) is 12.4. The Morgan fingerprint density at radius 1 is 1.30 bits per heavy atom. The van der Waals surface area contributed by atoms with Gasteiger partial charge < -0.3 is 0 Å². The number of nitrogens with one attached hydrogen (secondary N) is 1. The van der Waals surface area contributed by atoms with Crippen LogP contribution in [0.5, 0.6) is 0 Å². The van der Waals surface area contributed by atoms with E-state index in [1.165, 1.54) is 34.6 Å². The second-order valence-corrected chi connectivity index (χ2v) is 10.4. The predicted molar refractivity (Wildman–Crippen MR) is 128 cm³/mol. The van der Waals surface area contributed by atoms with Gasteiger partial charge >= 0.3 is 0 Å². The fraction of sp³-hybridized carbons (Fsp3) is 0.391. The summed E-state index contributed by atoms with van der Waals surface area (Å²) in [6.07, 6.45) is 9.02. The lowest BCUT2D eigenvalue weighted by atomic mass is 9.91. The van der Waals surface area contributed by atoms with Crippen LogP contribution in [0, 0.1) is 5.82 Å². The monoisotopic (exact) mass is 467 g/mol. The van der Waals surface area contributed by atoms with Gasteiger partial charge in [-0.05, 0) is 73.6 Å². The molecule has 0 bridgehead atoms. The van der Waals surface area contributed by atoms with Gasteiger partial charge in [-0.3, -0.25) is 5.32 Å². The van der Waals surface area contributed by atoms with E-state index in [-0.39, 0.29) is 11.1 Å². The normalized spacial score (nSPS) is 18.5. The molecule has 1 unspecified atom stereocenters. The Kier molecular flexibility index (Phi) is 6.97. The van der Waals surface area contributed by atoms with Crippen LogP contribution < -0.4 is 10.8 Å². The highest BCUT2D eigenvalue weighted by atomic mass is 32.2. The van der Waals surface area contributed by atoms with Crippen molar-refractivity contribution in [1.82, 2.24) is 19.4 Å². The predicted octanol–water partition coefficient (Wildman–Crippen LogP) is 2.76. The summed E-state index contributed by atoms with van der Waals surface area (Å²) in [5.41, 5.74) is 4.03. The lowest BCUT2D eigenvalue weighted by Crippen LogP contribution is -2.35. The SMILES string of the molecule is [B]c1cnn2c1N=C(C1=C(C)C=CCC1)CC2NCCCN(C)S(=O)(=O)c1ccc(F)cc1. The van der Waals surface area contributed by atoms with E-state index < -0.39 is 15.8 Å². The molecule has 10 heteroatoms. The van der Waals surface area contributed by atoms with Crippen molar-refractivity contribution >= 4 is 34.9 Å². The highest BCUT2D eigenvalue weighted by Gasteiger charge is 2.27. The van der Waals surface area contributed by atoms with Crippen molar-refractivity contribution in [2.24, 2.45) is 4.99 Å². The topological polar surface area (TPSA) is 79.6 Å². The molecule has 0 saturated carbocycles. The first kappa shape index (κ1) is 23.6. The van der Waals surface area contributed by atoms with Crippen molar-refractivity contribution in [3.8, 4) is 0 Å². The van der Waals surface area contributed by atoms with Crippen LogP contribution >= 0.6 is 0 Å². The van der Waals surface area contributed by atoms with E-state index >= 15 is 0 Å². The number of rotatable bonds is 8. The molecular formula is C23H27BFN5O2S. The molecule has 2 radical (unpaired) electrons. The van der Waals surface area contributed by atoms with Gasteiger partial charge in [0.05, 0.1) is 4.90 Å². The summed E-state index contributed by atoms with van der Waals surface area (Å²) in [5, 5.41) is 7.87. The minimum Gasteiger partial charge on any atom is -0.295 e. The molecule has 172 valence electrons. The third-order valence-corrected chi connectivity index (χ3v) is 7.90. The van der Waals surface area contributed by atoms with Crippen LogP contribution in [0.3, 0.4) is 0 Å². The molecule has 1 N–H and O–H groups in total. The molecule has 4 rings (SSSR count). The molecule has 7 nitrogen and oxygen atoms in total. The molecule has 2 heterocycles. The Hall–Kier alpha value is -2.56. The maximum Gasteiger partial charge on any atom is 0.242 e. The third kappa shape index (κ3) is 5.02. The summed E-state index contributed by atoms with van der Waals surface area (Å²) >= 11 is 0. The molecule has 33 heavy (non-hydrogen) atoms. The van der Waals surface area contributed by atoms with Crippen molar-refractivity contribution in [3.05, 3.63) is 59.6 Å². The van der Waals surface area contributed by atoms with Crippen LogP contribution in [-0.2, 0) is 10.0 Å². The zero-order valence-electron chi connectivity index (χ0n) is 18.8. The number of sulfonamides is 1. The Morgan fingerprint density at radius 2 is 2.06 bits per heavy atom. The average Bonchev–Trinajstić information content (AvgIpc) is 3.18. The van der Waals surface area contributed by atoms with Crippen molar-refractivity contribution < 1.29 is 12.8 Å². The van der Waals surface area contributed by atoms with Crippen molar-refractivity contribution in [2.75, 3.05) is 20.1 Å². The van der Waals surface area contributed by atoms with Crippen LogP contribution in [-0.4, -0.2) is 56.2 Å². The molecule has 1 aliphatic heterocycles. The molecule has 1 aromatic heterocycles. The minimum absolute atomic E-state index is 0.0781. The number of allylic oxidation sites excluding steroid dienone is 4. The molecule has 2 aliphatic rings. The molecule has 0 spiro atoms. The van der Waals surface area contributed by atoms with Gasteiger partial charge in [-0.1, -0.05) is 12.2 Å². The average molecular weight is 467 g/mol. The molecule has 0 fully saturated rings. The van der Waals surface area contributed by atoms with Gasteiger partial charge in [-0.25, -0.2) is 26.8 Å². The Labute approximate surface area is 195 Å². The summed E-state index contributed by atoms with van der Waals surface area (Å²) in [4.78, 5) is 4.88. The summed E-state index contributed by atoms with van der Waals surface area (Å²) in [6, 6.07) is 4.86. The smallest absolute Gasteiger partial charge is 0.242 e. The number of hydrogen-bond donors (Lipinski definition) is 1. The second-order valence-electron chi connectivity index (χ2n) is 8.34. The van der Waals surface area contributed by atoms with Crippen LogP contribution in [0.2, 0.25) is 0 Å². The number of fused-ring (bicyclic) bond motifs is 1. The van der Waals surface area contributed by atoms with Crippen LogP contribution in [0.1, 0.15) is 38.8 Å². The van der Waals surface area contributed by atoms with Crippen molar-refractivity contribution in [2.45, 2.75) is 43.7 Å². The van der Waals surface area contributed by atoms with Crippen LogP contribution in [0.15, 0.2) is 63.6 Å². The fourth-order valence-electron chi connectivity index (χ4n) is 4.14. The van der Waals surface area contributed by atoms with E-state index in [0.717, 1.165) is 30.7 Å².